The van der Waals surface area contributed by atoms with Gasteiger partial charge in [0.05, 0.1) is 6.54 Å². The number of primary amides is 1. The Morgan fingerprint density at radius 2 is 2.00 bits per heavy atom. The molecule has 19 heavy (non-hydrogen) atoms. The predicted octanol–water partition coefficient (Wildman–Crippen LogP) is 0.119. The summed E-state index contributed by atoms with van der Waals surface area (Å²) in [6.45, 7) is 4.88. The van der Waals surface area contributed by atoms with Crippen molar-refractivity contribution in [1.29, 1.82) is 0 Å². The van der Waals surface area contributed by atoms with Gasteiger partial charge >= 0.3 is 0 Å². The average Bonchev–Trinajstić information content (AvgIpc) is 2.42. The third-order valence-electron chi connectivity index (χ3n) is 2.45. The van der Waals surface area contributed by atoms with E-state index in [1.807, 2.05) is 6.92 Å². The van der Waals surface area contributed by atoms with Crippen LogP contribution in [-0.2, 0) is 11.2 Å². The summed E-state index contributed by atoms with van der Waals surface area (Å²) in [5.41, 5.74) is 4.98. The Labute approximate surface area is 112 Å². The Morgan fingerprint density at radius 1 is 1.37 bits per heavy atom. The lowest BCUT2D eigenvalue weighted by Gasteiger charge is -2.12. The summed E-state index contributed by atoms with van der Waals surface area (Å²) in [5, 5.41) is 15.4. The summed E-state index contributed by atoms with van der Waals surface area (Å²) in [7, 11) is 0. The van der Waals surface area contributed by atoms with Gasteiger partial charge in [-0.2, -0.15) is 0 Å². The van der Waals surface area contributed by atoms with Gasteiger partial charge in [0.1, 0.15) is 23.6 Å². The standard InChI is InChI=1S/C12H21N5O2/c1-3-5-14-10-6-11(17-9(4-2)16-10)15-7-8(18)12(13)19/h6,8,18H,3-5,7H2,1-2H3,(H2,13,19)(H2,14,15,16,17). The van der Waals surface area contributed by atoms with Gasteiger partial charge in [0.25, 0.3) is 0 Å². The Morgan fingerprint density at radius 3 is 2.53 bits per heavy atom. The normalized spacial score (nSPS) is 11.9. The first-order valence-electron chi connectivity index (χ1n) is 6.39. The molecule has 7 heteroatoms. The Balaban J connectivity index is 2.73. The fourth-order valence-corrected chi connectivity index (χ4v) is 1.39. The number of aromatic nitrogens is 2. The highest BCUT2D eigenvalue weighted by Crippen LogP contribution is 2.12. The molecule has 7 nitrogen and oxygen atoms in total. The lowest BCUT2D eigenvalue weighted by molar-refractivity contribution is -0.125. The number of hydrogen-bond donors (Lipinski definition) is 4. The molecule has 0 bridgehead atoms. The van der Waals surface area contributed by atoms with Crippen LogP contribution in [0.4, 0.5) is 11.6 Å². The molecule has 0 radical (unpaired) electrons. The van der Waals surface area contributed by atoms with Gasteiger partial charge in [0.15, 0.2) is 0 Å². The fraction of sp³-hybridized carbons (Fsp3) is 0.583. The third-order valence-corrected chi connectivity index (χ3v) is 2.45. The van der Waals surface area contributed by atoms with E-state index in [1.54, 1.807) is 6.07 Å². The highest BCUT2D eigenvalue weighted by Gasteiger charge is 2.11. The molecule has 1 unspecified atom stereocenters. The van der Waals surface area contributed by atoms with Crippen molar-refractivity contribution in [3.63, 3.8) is 0 Å². The van der Waals surface area contributed by atoms with Crippen molar-refractivity contribution in [2.45, 2.75) is 32.8 Å². The maximum atomic E-state index is 10.7. The number of rotatable bonds is 8. The van der Waals surface area contributed by atoms with Crippen LogP contribution >= 0.6 is 0 Å². The summed E-state index contributed by atoms with van der Waals surface area (Å²) in [6, 6.07) is 1.74. The molecule has 0 spiro atoms. The molecule has 0 saturated heterocycles. The summed E-state index contributed by atoms with van der Waals surface area (Å²) in [5.74, 6) is 1.22. The quantitative estimate of drug-likeness (QED) is 0.532. The highest BCUT2D eigenvalue weighted by molar-refractivity contribution is 5.79. The first-order chi connectivity index (χ1) is 9.06. The molecular formula is C12H21N5O2. The maximum absolute atomic E-state index is 10.7. The molecule has 106 valence electrons. The van der Waals surface area contributed by atoms with E-state index in [0.29, 0.717) is 18.1 Å². The summed E-state index contributed by atoms with van der Waals surface area (Å²) < 4.78 is 0. The van der Waals surface area contributed by atoms with E-state index in [-0.39, 0.29) is 6.54 Å². The van der Waals surface area contributed by atoms with Crippen molar-refractivity contribution < 1.29 is 9.90 Å². The van der Waals surface area contributed by atoms with E-state index in [9.17, 15) is 9.90 Å². The van der Waals surface area contributed by atoms with Crippen LogP contribution in [0.1, 0.15) is 26.1 Å². The molecule has 5 N–H and O–H groups in total. The molecule has 0 saturated carbocycles. The van der Waals surface area contributed by atoms with Crippen molar-refractivity contribution in [2.75, 3.05) is 23.7 Å². The smallest absolute Gasteiger partial charge is 0.248 e. The minimum Gasteiger partial charge on any atom is -0.381 e. The summed E-state index contributed by atoms with van der Waals surface area (Å²) in [4.78, 5) is 19.3. The van der Waals surface area contributed by atoms with Crippen LogP contribution in [-0.4, -0.2) is 40.2 Å². The van der Waals surface area contributed by atoms with Gasteiger partial charge in [-0.05, 0) is 6.42 Å². The van der Waals surface area contributed by atoms with Crippen LogP contribution in [0.25, 0.3) is 0 Å². The zero-order chi connectivity index (χ0) is 14.3. The zero-order valence-corrected chi connectivity index (χ0v) is 11.3. The van der Waals surface area contributed by atoms with Gasteiger partial charge < -0.3 is 21.5 Å². The lowest BCUT2D eigenvalue weighted by Crippen LogP contribution is -2.34. The zero-order valence-electron chi connectivity index (χ0n) is 11.3. The number of nitrogens with two attached hydrogens (primary N) is 1. The molecule has 0 aliphatic heterocycles. The van der Waals surface area contributed by atoms with E-state index < -0.39 is 12.0 Å². The van der Waals surface area contributed by atoms with E-state index in [4.69, 9.17) is 5.73 Å². The van der Waals surface area contributed by atoms with Crippen LogP contribution < -0.4 is 16.4 Å². The van der Waals surface area contributed by atoms with Crippen molar-refractivity contribution >= 4 is 17.5 Å². The Kier molecular flexibility index (Phi) is 6.01. The highest BCUT2D eigenvalue weighted by atomic mass is 16.3. The van der Waals surface area contributed by atoms with Crippen molar-refractivity contribution in [3.05, 3.63) is 11.9 Å². The predicted molar refractivity (Wildman–Crippen MR) is 73.9 cm³/mol. The number of carbonyl (C=O) groups excluding carboxylic acids is 1. The minimum absolute atomic E-state index is 0.0305. The van der Waals surface area contributed by atoms with E-state index in [1.165, 1.54) is 0 Å². The molecule has 1 atom stereocenters. The molecule has 1 amide bonds. The minimum atomic E-state index is -1.23. The monoisotopic (exact) mass is 267 g/mol. The molecule has 1 rings (SSSR count). The molecule has 0 aliphatic rings. The molecular weight excluding hydrogens is 246 g/mol. The molecule has 1 aromatic heterocycles. The Bertz CT molecular complexity index is 425. The second-order valence-corrected chi connectivity index (χ2v) is 4.13. The average molecular weight is 267 g/mol. The number of hydrogen-bond acceptors (Lipinski definition) is 6. The van der Waals surface area contributed by atoms with Gasteiger partial charge in [-0.25, -0.2) is 9.97 Å². The van der Waals surface area contributed by atoms with Crippen LogP contribution in [0.2, 0.25) is 0 Å². The first kappa shape index (κ1) is 15.2. The molecule has 0 fully saturated rings. The molecule has 1 heterocycles. The van der Waals surface area contributed by atoms with Crippen molar-refractivity contribution in [1.82, 2.24) is 9.97 Å². The van der Waals surface area contributed by atoms with Crippen LogP contribution in [0.15, 0.2) is 6.07 Å². The molecule has 0 aliphatic carbocycles. The number of carbonyl (C=O) groups is 1. The van der Waals surface area contributed by atoms with Gasteiger partial charge in [0.2, 0.25) is 5.91 Å². The third kappa shape index (κ3) is 5.09. The first-order valence-corrected chi connectivity index (χ1v) is 6.39. The van der Waals surface area contributed by atoms with Crippen LogP contribution in [0.3, 0.4) is 0 Å². The number of anilines is 2. The number of aliphatic hydroxyl groups excluding tert-OH is 1. The van der Waals surface area contributed by atoms with Crippen LogP contribution in [0, 0.1) is 0 Å². The van der Waals surface area contributed by atoms with Gasteiger partial charge in [0, 0.05) is 19.0 Å². The van der Waals surface area contributed by atoms with E-state index >= 15 is 0 Å². The second kappa shape index (κ2) is 7.52. The number of aliphatic hydroxyl groups is 1. The number of amides is 1. The lowest BCUT2D eigenvalue weighted by atomic mass is 10.3. The maximum Gasteiger partial charge on any atom is 0.248 e. The number of nitrogens with one attached hydrogen (secondary N) is 2. The largest absolute Gasteiger partial charge is 0.381 e. The number of nitrogens with zero attached hydrogens (tertiary/aromatic N) is 2. The number of aryl methyl sites for hydroxylation is 1. The topological polar surface area (TPSA) is 113 Å². The Hall–Kier alpha value is -1.89. The summed E-state index contributed by atoms with van der Waals surface area (Å²) in [6.07, 6.45) is 0.468. The summed E-state index contributed by atoms with van der Waals surface area (Å²) >= 11 is 0. The van der Waals surface area contributed by atoms with E-state index in [2.05, 4.69) is 27.5 Å². The molecule has 1 aromatic rings. The van der Waals surface area contributed by atoms with E-state index in [0.717, 1.165) is 18.8 Å². The van der Waals surface area contributed by atoms with Gasteiger partial charge in [-0.1, -0.05) is 13.8 Å². The van der Waals surface area contributed by atoms with Gasteiger partial charge in [-0.3, -0.25) is 4.79 Å². The van der Waals surface area contributed by atoms with Crippen molar-refractivity contribution in [2.24, 2.45) is 5.73 Å². The van der Waals surface area contributed by atoms with Gasteiger partial charge in [-0.15, -0.1) is 0 Å². The molecule has 0 aromatic carbocycles. The van der Waals surface area contributed by atoms with Crippen LogP contribution in [0.5, 0.6) is 0 Å². The second-order valence-electron chi connectivity index (χ2n) is 4.13. The van der Waals surface area contributed by atoms with Crippen molar-refractivity contribution in [3.8, 4) is 0 Å². The SMILES string of the molecule is CCCNc1cc(NCC(O)C(N)=O)nc(CC)n1. The fourth-order valence-electron chi connectivity index (χ4n) is 1.39.